The van der Waals surface area contributed by atoms with Crippen molar-refractivity contribution in [2.75, 3.05) is 6.61 Å². The van der Waals surface area contributed by atoms with Crippen LogP contribution in [-0.2, 0) is 4.74 Å². The zero-order valence-corrected chi connectivity index (χ0v) is 19.7. The number of nitrogens with zero attached hydrogens (tertiary/aromatic N) is 7. The number of aromatic nitrogens is 7. The van der Waals surface area contributed by atoms with Gasteiger partial charge in [-0.1, -0.05) is 35.5 Å². The summed E-state index contributed by atoms with van der Waals surface area (Å²) in [5, 5.41) is 34.9. The van der Waals surface area contributed by atoms with Crippen LogP contribution in [0.15, 0.2) is 61.1 Å². The molecule has 0 saturated carbocycles. The second-order valence-corrected chi connectivity index (χ2v) is 9.74. The minimum Gasteiger partial charge on any atom is -0.394 e. The Bertz CT molecular complexity index is 1460. The number of thiazole rings is 1. The Kier molecular flexibility index (Phi) is 5.61. The number of aryl methyl sites for hydroxylation is 1. The van der Waals surface area contributed by atoms with Crippen molar-refractivity contribution in [3.05, 3.63) is 71.9 Å². The maximum Gasteiger partial charge on any atom is 0.161 e. The third kappa shape index (κ3) is 4.02. The number of benzene rings is 2. The fourth-order valence-corrected chi connectivity index (χ4v) is 5.40. The first kappa shape index (κ1) is 22.0. The summed E-state index contributed by atoms with van der Waals surface area (Å²) in [6, 6.07) is 15.2. The average molecular weight is 490 g/mol. The summed E-state index contributed by atoms with van der Waals surface area (Å²) in [5.74, 6) is 0.587. The standard InChI is InChI=1S/C24H23N7O3S/c1-14-27-17-8-7-16(9-22(17)35-14)31-24(25-13-26-31)20-10-19(23(33)21(12-32)34-20)30-11-18(28-29-30)15-5-3-2-4-6-15/h2-9,11,13,19-21,23,32-33H,10,12H2,1H3/t19-,20-,21-,23-/m1/s1. The number of fused-ring (bicyclic) bond motifs is 1. The first-order valence-electron chi connectivity index (χ1n) is 11.3. The zero-order chi connectivity index (χ0) is 23.9. The van der Waals surface area contributed by atoms with Crippen molar-refractivity contribution in [1.82, 2.24) is 34.7 Å². The van der Waals surface area contributed by atoms with Crippen LogP contribution in [0.1, 0.15) is 29.4 Å². The fourth-order valence-electron chi connectivity index (χ4n) is 4.54. The quantitative estimate of drug-likeness (QED) is 0.386. The van der Waals surface area contributed by atoms with Crippen LogP contribution in [0.4, 0.5) is 0 Å². The van der Waals surface area contributed by atoms with Gasteiger partial charge in [0.2, 0.25) is 0 Å². The third-order valence-corrected chi connectivity index (χ3v) is 7.19. The van der Waals surface area contributed by atoms with E-state index in [1.807, 2.05) is 61.7 Å². The van der Waals surface area contributed by atoms with Crippen molar-refractivity contribution < 1.29 is 14.9 Å². The monoisotopic (exact) mass is 489 g/mol. The molecule has 2 N–H and O–H groups in total. The van der Waals surface area contributed by atoms with Crippen LogP contribution in [0.25, 0.3) is 27.2 Å². The molecular formula is C24H23N7O3S. The first-order valence-corrected chi connectivity index (χ1v) is 12.1. The third-order valence-electron chi connectivity index (χ3n) is 6.25. The molecule has 11 heteroatoms. The molecule has 0 radical (unpaired) electrons. The second-order valence-electron chi connectivity index (χ2n) is 8.50. The summed E-state index contributed by atoms with van der Waals surface area (Å²) in [7, 11) is 0. The highest BCUT2D eigenvalue weighted by Crippen LogP contribution is 2.38. The van der Waals surface area contributed by atoms with Gasteiger partial charge >= 0.3 is 0 Å². The van der Waals surface area contributed by atoms with E-state index >= 15 is 0 Å². The van der Waals surface area contributed by atoms with Crippen molar-refractivity contribution >= 4 is 21.6 Å². The molecule has 2 aromatic carbocycles. The molecular weight excluding hydrogens is 466 g/mol. The molecule has 3 aromatic heterocycles. The van der Waals surface area contributed by atoms with Gasteiger partial charge in [-0.2, -0.15) is 5.10 Å². The van der Waals surface area contributed by atoms with E-state index in [2.05, 4.69) is 25.4 Å². The molecule has 0 unspecified atom stereocenters. The normalized spacial score (nSPS) is 22.6. The summed E-state index contributed by atoms with van der Waals surface area (Å²) >= 11 is 1.62. The van der Waals surface area contributed by atoms with E-state index in [0.29, 0.717) is 17.9 Å². The van der Waals surface area contributed by atoms with Crippen LogP contribution in [-0.4, -0.2) is 63.8 Å². The summed E-state index contributed by atoms with van der Waals surface area (Å²) in [4.78, 5) is 9.00. The van der Waals surface area contributed by atoms with Gasteiger partial charge in [0.05, 0.1) is 39.8 Å². The van der Waals surface area contributed by atoms with Gasteiger partial charge in [0.15, 0.2) is 5.82 Å². The fraction of sp³-hybridized carbons (Fsp3) is 0.292. The van der Waals surface area contributed by atoms with E-state index in [9.17, 15) is 10.2 Å². The Morgan fingerprint density at radius 1 is 1.17 bits per heavy atom. The van der Waals surface area contributed by atoms with Crippen molar-refractivity contribution in [2.24, 2.45) is 0 Å². The van der Waals surface area contributed by atoms with Gasteiger partial charge in [0, 0.05) is 12.0 Å². The van der Waals surface area contributed by atoms with Crippen molar-refractivity contribution in [1.29, 1.82) is 0 Å². The molecule has 0 aliphatic carbocycles. The lowest BCUT2D eigenvalue weighted by molar-refractivity contribution is -0.161. The Hall–Kier alpha value is -3.51. The number of aliphatic hydroxyl groups is 2. The lowest BCUT2D eigenvalue weighted by atomic mass is 9.95. The van der Waals surface area contributed by atoms with Crippen LogP contribution < -0.4 is 0 Å². The van der Waals surface area contributed by atoms with Crippen LogP contribution in [0, 0.1) is 6.92 Å². The van der Waals surface area contributed by atoms with Gasteiger partial charge in [-0.25, -0.2) is 19.3 Å². The van der Waals surface area contributed by atoms with Crippen molar-refractivity contribution in [3.63, 3.8) is 0 Å². The van der Waals surface area contributed by atoms with Crippen LogP contribution in [0.2, 0.25) is 0 Å². The predicted molar refractivity (Wildman–Crippen MR) is 129 cm³/mol. The van der Waals surface area contributed by atoms with Crippen molar-refractivity contribution in [3.8, 4) is 16.9 Å². The maximum atomic E-state index is 11.0. The molecule has 178 valence electrons. The minimum atomic E-state index is -0.963. The molecule has 6 rings (SSSR count). The molecule has 4 atom stereocenters. The Labute approximate surface area is 204 Å². The number of aliphatic hydroxyl groups excluding tert-OH is 2. The Morgan fingerprint density at radius 3 is 2.86 bits per heavy atom. The summed E-state index contributed by atoms with van der Waals surface area (Å²) < 4.78 is 10.5. The number of rotatable bonds is 5. The molecule has 4 heterocycles. The highest BCUT2D eigenvalue weighted by molar-refractivity contribution is 7.18. The molecule has 1 aliphatic heterocycles. The molecule has 1 aliphatic rings. The predicted octanol–water partition coefficient (Wildman–Crippen LogP) is 2.87. The number of hydrogen-bond donors (Lipinski definition) is 2. The highest BCUT2D eigenvalue weighted by Gasteiger charge is 2.41. The van der Waals surface area contributed by atoms with Crippen molar-refractivity contribution in [2.45, 2.75) is 37.7 Å². The lowest BCUT2D eigenvalue weighted by Gasteiger charge is -2.38. The van der Waals surface area contributed by atoms with E-state index in [-0.39, 0.29) is 6.61 Å². The molecule has 10 nitrogen and oxygen atoms in total. The molecule has 5 aromatic rings. The first-order chi connectivity index (χ1) is 17.1. The van der Waals surface area contributed by atoms with E-state index < -0.39 is 24.4 Å². The van der Waals surface area contributed by atoms with Gasteiger partial charge in [0.1, 0.15) is 30.3 Å². The molecule has 1 saturated heterocycles. The van der Waals surface area contributed by atoms with Gasteiger partial charge in [0.25, 0.3) is 0 Å². The van der Waals surface area contributed by atoms with Gasteiger partial charge < -0.3 is 14.9 Å². The zero-order valence-electron chi connectivity index (χ0n) is 18.8. The summed E-state index contributed by atoms with van der Waals surface area (Å²) in [5.41, 5.74) is 3.42. The smallest absolute Gasteiger partial charge is 0.161 e. The maximum absolute atomic E-state index is 11.0. The van der Waals surface area contributed by atoms with Gasteiger partial charge in [-0.15, -0.1) is 16.4 Å². The minimum absolute atomic E-state index is 0.339. The van der Waals surface area contributed by atoms with E-state index in [0.717, 1.165) is 26.5 Å². The van der Waals surface area contributed by atoms with E-state index in [1.54, 1.807) is 20.7 Å². The Balaban J connectivity index is 1.33. The van der Waals surface area contributed by atoms with Crippen LogP contribution in [0.5, 0.6) is 0 Å². The van der Waals surface area contributed by atoms with E-state index in [4.69, 9.17) is 4.74 Å². The number of ether oxygens (including phenoxy) is 1. The Morgan fingerprint density at radius 2 is 2.03 bits per heavy atom. The second kappa shape index (κ2) is 8.93. The number of hydrogen-bond acceptors (Lipinski definition) is 9. The molecule has 0 bridgehead atoms. The van der Waals surface area contributed by atoms with E-state index in [1.165, 1.54) is 6.33 Å². The van der Waals surface area contributed by atoms with Crippen LogP contribution >= 0.6 is 11.3 Å². The summed E-state index contributed by atoms with van der Waals surface area (Å²) in [6.45, 7) is 1.64. The largest absolute Gasteiger partial charge is 0.394 e. The molecule has 35 heavy (non-hydrogen) atoms. The molecule has 1 fully saturated rings. The summed E-state index contributed by atoms with van der Waals surface area (Å²) in [6.07, 6.45) is 1.39. The van der Waals surface area contributed by atoms with Gasteiger partial charge in [-0.05, 0) is 25.1 Å². The topological polar surface area (TPSA) is 124 Å². The van der Waals surface area contributed by atoms with Gasteiger partial charge in [-0.3, -0.25) is 0 Å². The average Bonchev–Trinajstić information content (AvgIpc) is 3.63. The molecule has 0 amide bonds. The lowest BCUT2D eigenvalue weighted by Crippen LogP contribution is -2.45. The highest BCUT2D eigenvalue weighted by atomic mass is 32.1. The molecule has 0 spiro atoms. The SMILES string of the molecule is Cc1nc2ccc(-n3ncnc3[C@H]3C[C@@H](n4cc(-c5ccccc5)nn4)[C@@H](O)[C@@H](CO)O3)cc2s1. The van der Waals surface area contributed by atoms with Crippen LogP contribution in [0.3, 0.4) is 0 Å².